The molecule has 0 spiro atoms. The van der Waals surface area contributed by atoms with Crippen LogP contribution in [0.4, 0.5) is 10.5 Å². The summed E-state index contributed by atoms with van der Waals surface area (Å²) in [6.07, 6.45) is 2.93. The van der Waals surface area contributed by atoms with Gasteiger partial charge in [-0.15, -0.1) is 0 Å². The van der Waals surface area contributed by atoms with Gasteiger partial charge in [0, 0.05) is 55.3 Å². The zero-order valence-corrected chi connectivity index (χ0v) is 22.4. The summed E-state index contributed by atoms with van der Waals surface area (Å²) in [6.45, 7) is 5.12. The van der Waals surface area contributed by atoms with Crippen molar-refractivity contribution in [3.63, 3.8) is 0 Å². The number of nitrogens with zero attached hydrogens (tertiary/aromatic N) is 5. The summed E-state index contributed by atoms with van der Waals surface area (Å²) < 4.78 is 0. The average Bonchev–Trinajstić information content (AvgIpc) is 3.49. The number of pyridine rings is 1. The number of aliphatic hydroxyl groups is 1. The number of urea groups is 1. The molecule has 3 aliphatic heterocycles. The second-order valence-corrected chi connectivity index (χ2v) is 11.0. The number of nitrogens with one attached hydrogen (secondary N) is 1. The molecule has 40 heavy (non-hydrogen) atoms. The molecule has 10 heteroatoms. The highest BCUT2D eigenvalue weighted by molar-refractivity contribution is 6.06. The number of rotatable bonds is 5. The van der Waals surface area contributed by atoms with E-state index in [4.69, 9.17) is 0 Å². The minimum atomic E-state index is -1.05. The fourth-order valence-corrected chi connectivity index (χ4v) is 5.47. The first kappa shape index (κ1) is 25.7. The maximum absolute atomic E-state index is 13.2. The number of hydrazone groups is 1. The van der Waals surface area contributed by atoms with E-state index < -0.39 is 11.6 Å². The van der Waals surface area contributed by atoms with E-state index in [1.165, 1.54) is 9.91 Å². The van der Waals surface area contributed by atoms with Gasteiger partial charge in [-0.3, -0.25) is 14.6 Å². The standard InChI is InChI=1S/C30H30N6O4/c1-30(2)15-25(33-36(28(30)39)14-13-35-26(37)23-5-3-4-6-24(23)27(35)38)19-7-9-22(10-8-19)32-29(40)34-17-20-11-12-31-16-21(20)18-34/h3-12,16,26,37H,13-15,17-18H2,1-2H3,(H,32,40). The molecule has 1 unspecified atom stereocenters. The molecule has 6 rings (SSSR count). The maximum atomic E-state index is 13.2. The van der Waals surface area contributed by atoms with Crippen molar-refractivity contribution in [2.45, 2.75) is 39.6 Å². The quantitative estimate of drug-likeness (QED) is 0.513. The van der Waals surface area contributed by atoms with Gasteiger partial charge in [-0.2, -0.15) is 5.10 Å². The van der Waals surface area contributed by atoms with E-state index in [0.29, 0.717) is 36.3 Å². The molecular weight excluding hydrogens is 508 g/mol. The molecule has 0 aliphatic carbocycles. The topological polar surface area (TPSA) is 118 Å². The van der Waals surface area contributed by atoms with Crippen LogP contribution < -0.4 is 5.32 Å². The highest BCUT2D eigenvalue weighted by atomic mass is 16.3. The third kappa shape index (κ3) is 4.60. The molecular formula is C30H30N6O4. The fraction of sp³-hybridized carbons (Fsp3) is 0.300. The Morgan fingerprint density at radius 1 is 1.02 bits per heavy atom. The second kappa shape index (κ2) is 9.87. The Hall–Kier alpha value is -4.57. The van der Waals surface area contributed by atoms with Crippen LogP contribution in [0.15, 0.2) is 72.1 Å². The molecule has 0 radical (unpaired) electrons. The van der Waals surface area contributed by atoms with Gasteiger partial charge in [-0.05, 0) is 41.0 Å². The summed E-state index contributed by atoms with van der Waals surface area (Å²) in [5.41, 5.74) is 4.74. The SMILES string of the molecule is CC1(C)CC(c2ccc(NC(=O)N3Cc4ccncc4C3)cc2)=NN(CCN2C(=O)c3ccccc3C2O)C1=O. The van der Waals surface area contributed by atoms with Crippen molar-refractivity contribution in [2.75, 3.05) is 18.4 Å². The summed E-state index contributed by atoms with van der Waals surface area (Å²) in [4.78, 5) is 46.0. The van der Waals surface area contributed by atoms with E-state index in [-0.39, 0.29) is 30.9 Å². The van der Waals surface area contributed by atoms with Crippen molar-refractivity contribution in [2.24, 2.45) is 10.5 Å². The molecule has 0 saturated heterocycles. The van der Waals surface area contributed by atoms with E-state index >= 15 is 0 Å². The van der Waals surface area contributed by atoms with Crippen LogP contribution in [-0.4, -0.2) is 61.5 Å². The molecule has 2 N–H and O–H groups in total. The summed E-state index contributed by atoms with van der Waals surface area (Å²) in [7, 11) is 0. The average molecular weight is 539 g/mol. The zero-order valence-electron chi connectivity index (χ0n) is 22.4. The molecule has 3 aromatic rings. The molecule has 1 atom stereocenters. The minimum absolute atomic E-state index is 0.138. The van der Waals surface area contributed by atoms with Crippen LogP contribution in [0.2, 0.25) is 0 Å². The highest BCUT2D eigenvalue weighted by Gasteiger charge is 2.40. The van der Waals surface area contributed by atoms with Crippen molar-refractivity contribution in [3.8, 4) is 0 Å². The predicted molar refractivity (Wildman–Crippen MR) is 148 cm³/mol. The Kier molecular flexibility index (Phi) is 6.34. The first-order chi connectivity index (χ1) is 19.2. The van der Waals surface area contributed by atoms with Gasteiger partial charge in [0.15, 0.2) is 6.23 Å². The molecule has 10 nitrogen and oxygen atoms in total. The van der Waals surface area contributed by atoms with Gasteiger partial charge >= 0.3 is 6.03 Å². The summed E-state index contributed by atoms with van der Waals surface area (Å²) in [5.74, 6) is -0.399. The van der Waals surface area contributed by atoms with Crippen LogP contribution in [0.3, 0.4) is 0 Å². The zero-order chi connectivity index (χ0) is 28.0. The van der Waals surface area contributed by atoms with Gasteiger partial charge in [0.05, 0.1) is 17.7 Å². The van der Waals surface area contributed by atoms with Crippen LogP contribution in [-0.2, 0) is 17.9 Å². The van der Waals surface area contributed by atoms with E-state index in [1.54, 1.807) is 41.6 Å². The van der Waals surface area contributed by atoms with Crippen LogP contribution in [0.1, 0.15) is 59.1 Å². The number of carbonyl (C=O) groups excluding carboxylic acids is 3. The summed E-state index contributed by atoms with van der Waals surface area (Å²) >= 11 is 0. The lowest BCUT2D eigenvalue weighted by atomic mass is 9.83. The van der Waals surface area contributed by atoms with Gasteiger partial charge in [0.25, 0.3) is 5.91 Å². The van der Waals surface area contributed by atoms with E-state index in [0.717, 1.165) is 22.4 Å². The van der Waals surface area contributed by atoms with E-state index in [2.05, 4.69) is 15.4 Å². The fourth-order valence-electron chi connectivity index (χ4n) is 5.47. The molecule has 204 valence electrons. The molecule has 0 fully saturated rings. The van der Waals surface area contributed by atoms with E-state index in [9.17, 15) is 19.5 Å². The number of hydrogen-bond acceptors (Lipinski definition) is 6. The van der Waals surface area contributed by atoms with Gasteiger partial charge < -0.3 is 20.2 Å². The molecule has 2 aromatic carbocycles. The van der Waals surface area contributed by atoms with Crippen LogP contribution in [0, 0.1) is 5.41 Å². The van der Waals surface area contributed by atoms with Crippen molar-refractivity contribution in [1.82, 2.24) is 19.8 Å². The van der Waals surface area contributed by atoms with Gasteiger partial charge in [-0.25, -0.2) is 9.80 Å². The smallest absolute Gasteiger partial charge is 0.322 e. The first-order valence-electron chi connectivity index (χ1n) is 13.3. The lowest BCUT2D eigenvalue weighted by molar-refractivity contribution is -0.141. The number of benzene rings is 2. The number of hydrogen-bond donors (Lipinski definition) is 2. The Morgan fingerprint density at radius 2 is 1.77 bits per heavy atom. The van der Waals surface area contributed by atoms with Crippen molar-refractivity contribution in [3.05, 3.63) is 94.8 Å². The molecule has 3 aliphatic rings. The monoisotopic (exact) mass is 538 g/mol. The van der Waals surface area contributed by atoms with Gasteiger partial charge in [-0.1, -0.05) is 44.2 Å². The highest BCUT2D eigenvalue weighted by Crippen LogP contribution is 2.33. The Labute approximate surface area is 231 Å². The minimum Gasteiger partial charge on any atom is -0.369 e. The lowest BCUT2D eigenvalue weighted by Crippen LogP contribution is -2.47. The number of anilines is 1. The van der Waals surface area contributed by atoms with Gasteiger partial charge in [0.2, 0.25) is 5.91 Å². The molecule has 4 heterocycles. The summed E-state index contributed by atoms with van der Waals surface area (Å²) in [5, 5.41) is 19.7. The first-order valence-corrected chi connectivity index (χ1v) is 13.3. The van der Waals surface area contributed by atoms with Crippen molar-refractivity contribution >= 4 is 29.2 Å². The Morgan fingerprint density at radius 3 is 2.52 bits per heavy atom. The number of aromatic nitrogens is 1. The van der Waals surface area contributed by atoms with Crippen LogP contribution in [0.5, 0.6) is 0 Å². The number of carbonyl (C=O) groups is 3. The van der Waals surface area contributed by atoms with Crippen molar-refractivity contribution in [1.29, 1.82) is 0 Å². The number of aliphatic hydroxyl groups excluding tert-OH is 1. The molecule has 1 aromatic heterocycles. The number of fused-ring (bicyclic) bond motifs is 2. The number of amides is 4. The third-order valence-electron chi connectivity index (χ3n) is 7.73. The molecule has 0 bridgehead atoms. The third-order valence-corrected chi connectivity index (χ3v) is 7.73. The largest absolute Gasteiger partial charge is 0.369 e. The Balaban J connectivity index is 1.13. The summed E-state index contributed by atoms with van der Waals surface area (Å²) in [6, 6.07) is 16.1. The van der Waals surface area contributed by atoms with Crippen LogP contribution >= 0.6 is 0 Å². The Bertz CT molecular complexity index is 1510. The molecule has 4 amide bonds. The maximum Gasteiger partial charge on any atom is 0.322 e. The van der Waals surface area contributed by atoms with E-state index in [1.807, 2.05) is 44.2 Å². The predicted octanol–water partition coefficient (Wildman–Crippen LogP) is 3.74. The normalized spacial score (nSPS) is 19.4. The van der Waals surface area contributed by atoms with Crippen molar-refractivity contribution < 1.29 is 19.5 Å². The lowest BCUT2D eigenvalue weighted by Gasteiger charge is -2.35. The van der Waals surface area contributed by atoms with Crippen LogP contribution in [0.25, 0.3) is 0 Å². The molecule has 0 saturated carbocycles. The van der Waals surface area contributed by atoms with Gasteiger partial charge in [0.1, 0.15) is 0 Å². The second-order valence-electron chi connectivity index (χ2n) is 11.0.